The first-order valence-electron chi connectivity index (χ1n) is 4.55. The fraction of sp³-hybridized carbons (Fsp3) is 1.00. The van der Waals surface area contributed by atoms with Gasteiger partial charge in [-0.1, -0.05) is 0 Å². The van der Waals surface area contributed by atoms with Crippen molar-refractivity contribution >= 4 is 0 Å². The molecule has 0 radical (unpaired) electrons. The van der Waals surface area contributed by atoms with Gasteiger partial charge < -0.3 is 10.5 Å². The highest BCUT2D eigenvalue weighted by Gasteiger charge is 2.27. The van der Waals surface area contributed by atoms with Gasteiger partial charge in [-0.05, 0) is 13.0 Å². The lowest BCUT2D eigenvalue weighted by Crippen LogP contribution is -2.47. The van der Waals surface area contributed by atoms with Gasteiger partial charge in [-0.3, -0.25) is 4.90 Å². The van der Waals surface area contributed by atoms with E-state index in [2.05, 4.69) is 0 Å². The molecule has 3 nitrogen and oxygen atoms in total. The van der Waals surface area contributed by atoms with E-state index in [1.54, 1.807) is 4.90 Å². The van der Waals surface area contributed by atoms with E-state index in [9.17, 15) is 8.78 Å². The fourth-order valence-electron chi connectivity index (χ4n) is 1.55. The standard InChI is InChI=1S/C8H16F2N2O/c9-8(10)7(1-2-11)12-3-5-13-6-4-12/h7-8H,1-6,11H2. The van der Waals surface area contributed by atoms with Gasteiger partial charge in [0.1, 0.15) is 0 Å². The summed E-state index contributed by atoms with van der Waals surface area (Å²) in [5, 5.41) is 0. The lowest BCUT2D eigenvalue weighted by molar-refractivity contribution is -0.0351. The molecule has 0 aliphatic carbocycles. The summed E-state index contributed by atoms with van der Waals surface area (Å²) in [4.78, 5) is 1.76. The Morgan fingerprint density at radius 1 is 1.31 bits per heavy atom. The van der Waals surface area contributed by atoms with Crippen LogP contribution in [0, 0.1) is 0 Å². The first kappa shape index (κ1) is 10.8. The second kappa shape index (κ2) is 5.47. The lowest BCUT2D eigenvalue weighted by Gasteiger charge is -2.33. The van der Waals surface area contributed by atoms with E-state index in [1.165, 1.54) is 0 Å². The van der Waals surface area contributed by atoms with Crippen LogP contribution in [-0.2, 0) is 4.74 Å². The number of hydrogen-bond acceptors (Lipinski definition) is 3. The predicted octanol–water partition coefficient (Wildman–Crippen LogP) is 0.301. The highest BCUT2D eigenvalue weighted by Crippen LogP contribution is 2.14. The quantitative estimate of drug-likeness (QED) is 0.699. The largest absolute Gasteiger partial charge is 0.379 e. The molecule has 78 valence electrons. The van der Waals surface area contributed by atoms with Crippen LogP contribution in [0.3, 0.4) is 0 Å². The van der Waals surface area contributed by atoms with Crippen molar-refractivity contribution in [3.63, 3.8) is 0 Å². The second-order valence-corrected chi connectivity index (χ2v) is 3.13. The molecule has 1 aliphatic rings. The number of nitrogens with two attached hydrogens (primary N) is 1. The predicted molar refractivity (Wildman–Crippen MR) is 45.9 cm³/mol. The van der Waals surface area contributed by atoms with Gasteiger partial charge in [0, 0.05) is 13.1 Å². The van der Waals surface area contributed by atoms with Crippen LogP contribution in [0.25, 0.3) is 0 Å². The van der Waals surface area contributed by atoms with Crippen molar-refractivity contribution in [2.45, 2.75) is 18.9 Å². The molecule has 1 rings (SSSR count). The molecule has 0 saturated carbocycles. The third-order valence-corrected chi connectivity index (χ3v) is 2.27. The molecule has 1 saturated heterocycles. The van der Waals surface area contributed by atoms with E-state index in [0.717, 1.165) is 0 Å². The number of halogens is 2. The van der Waals surface area contributed by atoms with Crippen LogP contribution >= 0.6 is 0 Å². The van der Waals surface area contributed by atoms with Crippen LogP contribution in [0.2, 0.25) is 0 Å². The van der Waals surface area contributed by atoms with Crippen LogP contribution in [0.1, 0.15) is 6.42 Å². The van der Waals surface area contributed by atoms with E-state index < -0.39 is 12.5 Å². The summed E-state index contributed by atoms with van der Waals surface area (Å²) >= 11 is 0. The number of rotatable bonds is 4. The lowest BCUT2D eigenvalue weighted by atomic mass is 10.1. The zero-order valence-corrected chi connectivity index (χ0v) is 7.59. The molecular formula is C8H16F2N2O. The maximum absolute atomic E-state index is 12.5. The smallest absolute Gasteiger partial charge is 0.253 e. The Kier molecular flexibility index (Phi) is 4.55. The van der Waals surface area contributed by atoms with Crippen molar-refractivity contribution in [3.8, 4) is 0 Å². The van der Waals surface area contributed by atoms with Crippen molar-refractivity contribution in [1.29, 1.82) is 0 Å². The van der Waals surface area contributed by atoms with E-state index in [-0.39, 0.29) is 0 Å². The van der Waals surface area contributed by atoms with Gasteiger partial charge in [-0.15, -0.1) is 0 Å². The van der Waals surface area contributed by atoms with Gasteiger partial charge >= 0.3 is 0 Å². The third kappa shape index (κ3) is 3.17. The van der Waals surface area contributed by atoms with E-state index >= 15 is 0 Å². The molecular weight excluding hydrogens is 178 g/mol. The first-order chi connectivity index (χ1) is 6.25. The topological polar surface area (TPSA) is 38.5 Å². The summed E-state index contributed by atoms with van der Waals surface area (Å²) in [5.74, 6) is 0. The van der Waals surface area contributed by atoms with Crippen LogP contribution < -0.4 is 5.73 Å². The Hall–Kier alpha value is -0.260. The van der Waals surface area contributed by atoms with Crippen molar-refractivity contribution in [2.24, 2.45) is 5.73 Å². The normalized spacial score (nSPS) is 22.2. The average molecular weight is 194 g/mol. The third-order valence-electron chi connectivity index (χ3n) is 2.27. The summed E-state index contributed by atoms with van der Waals surface area (Å²) < 4.78 is 30.2. The number of morpholine rings is 1. The second-order valence-electron chi connectivity index (χ2n) is 3.13. The highest BCUT2D eigenvalue weighted by molar-refractivity contribution is 4.76. The van der Waals surface area contributed by atoms with Crippen molar-refractivity contribution in [1.82, 2.24) is 4.90 Å². The number of hydrogen-bond donors (Lipinski definition) is 1. The molecule has 1 fully saturated rings. The SMILES string of the molecule is NCCC(C(F)F)N1CCOCC1. The molecule has 0 bridgehead atoms. The van der Waals surface area contributed by atoms with E-state index in [0.29, 0.717) is 39.3 Å². The molecule has 1 heterocycles. The Morgan fingerprint density at radius 3 is 2.38 bits per heavy atom. The summed E-state index contributed by atoms with van der Waals surface area (Å²) in [6.07, 6.45) is -1.95. The van der Waals surface area contributed by atoms with Gasteiger partial charge in [0.2, 0.25) is 0 Å². The minimum Gasteiger partial charge on any atom is -0.379 e. The maximum Gasteiger partial charge on any atom is 0.253 e. The van der Waals surface area contributed by atoms with Gasteiger partial charge in [0.25, 0.3) is 6.43 Å². The van der Waals surface area contributed by atoms with E-state index in [4.69, 9.17) is 10.5 Å². The van der Waals surface area contributed by atoms with Gasteiger partial charge in [-0.2, -0.15) is 0 Å². The monoisotopic (exact) mass is 194 g/mol. The molecule has 0 aromatic heterocycles. The molecule has 0 amide bonds. The average Bonchev–Trinajstić information content (AvgIpc) is 2.15. The van der Waals surface area contributed by atoms with Gasteiger partial charge in [0.05, 0.1) is 19.3 Å². The first-order valence-corrected chi connectivity index (χ1v) is 4.55. The van der Waals surface area contributed by atoms with E-state index in [1.807, 2.05) is 0 Å². The van der Waals surface area contributed by atoms with Crippen molar-refractivity contribution in [3.05, 3.63) is 0 Å². The molecule has 0 spiro atoms. The van der Waals surface area contributed by atoms with Crippen molar-refractivity contribution < 1.29 is 13.5 Å². The Bertz CT molecular complexity index is 140. The van der Waals surface area contributed by atoms with Crippen LogP contribution in [-0.4, -0.2) is 50.2 Å². The Balaban J connectivity index is 2.41. The molecule has 0 aromatic rings. The number of ether oxygens (including phenoxy) is 1. The molecule has 13 heavy (non-hydrogen) atoms. The maximum atomic E-state index is 12.5. The molecule has 1 unspecified atom stereocenters. The molecule has 1 aliphatic heterocycles. The Labute approximate surface area is 76.8 Å². The zero-order valence-electron chi connectivity index (χ0n) is 7.59. The molecule has 5 heteroatoms. The minimum atomic E-state index is -2.30. The minimum absolute atomic E-state index is 0.312. The summed E-state index contributed by atoms with van der Waals surface area (Å²) in [6.45, 7) is 2.60. The van der Waals surface area contributed by atoms with Crippen LogP contribution in [0.15, 0.2) is 0 Å². The molecule has 1 atom stereocenters. The van der Waals surface area contributed by atoms with Crippen LogP contribution in [0.4, 0.5) is 8.78 Å². The number of alkyl halides is 2. The zero-order chi connectivity index (χ0) is 9.68. The summed E-state index contributed by atoms with van der Waals surface area (Å²) in [7, 11) is 0. The van der Waals surface area contributed by atoms with Crippen LogP contribution in [0.5, 0.6) is 0 Å². The Morgan fingerprint density at radius 2 is 1.92 bits per heavy atom. The number of nitrogens with zero attached hydrogens (tertiary/aromatic N) is 1. The van der Waals surface area contributed by atoms with Gasteiger partial charge in [0.15, 0.2) is 0 Å². The summed E-state index contributed by atoms with van der Waals surface area (Å²) in [5.41, 5.74) is 5.28. The highest BCUT2D eigenvalue weighted by atomic mass is 19.3. The fourth-order valence-corrected chi connectivity index (χ4v) is 1.55. The summed E-state index contributed by atoms with van der Waals surface area (Å²) in [6, 6.07) is -0.686. The molecule has 0 aromatic carbocycles. The molecule has 2 N–H and O–H groups in total. The van der Waals surface area contributed by atoms with Crippen molar-refractivity contribution in [2.75, 3.05) is 32.8 Å². The van der Waals surface area contributed by atoms with Gasteiger partial charge in [-0.25, -0.2) is 8.78 Å².